The molecule has 0 bridgehead atoms. The van der Waals surface area contributed by atoms with Crippen molar-refractivity contribution in [1.29, 1.82) is 0 Å². The quantitative estimate of drug-likeness (QED) is 0.724. The monoisotopic (exact) mass is 319 g/mol. The van der Waals surface area contributed by atoms with Gasteiger partial charge < -0.3 is 20.6 Å². The van der Waals surface area contributed by atoms with Gasteiger partial charge in [-0.15, -0.1) is 0 Å². The molecule has 2 amide bonds. The van der Waals surface area contributed by atoms with Crippen molar-refractivity contribution in [3.05, 3.63) is 29.8 Å². The number of benzene rings is 1. The van der Waals surface area contributed by atoms with Gasteiger partial charge in [-0.3, -0.25) is 0 Å². The van der Waals surface area contributed by atoms with Crippen LogP contribution in [0.25, 0.3) is 0 Å². The lowest BCUT2D eigenvalue weighted by atomic mass is 10.1. The molecular weight excluding hydrogens is 290 g/mol. The summed E-state index contributed by atoms with van der Waals surface area (Å²) in [5.74, 6) is 0.277. The van der Waals surface area contributed by atoms with Crippen molar-refractivity contribution in [2.75, 3.05) is 31.1 Å². The smallest absolute Gasteiger partial charge is 0.315 e. The summed E-state index contributed by atoms with van der Waals surface area (Å²) in [5.41, 5.74) is 2.36. The van der Waals surface area contributed by atoms with Gasteiger partial charge >= 0.3 is 6.03 Å². The Bertz CT molecular complexity index is 501. The number of rotatable bonds is 7. The summed E-state index contributed by atoms with van der Waals surface area (Å²) in [7, 11) is 0. The van der Waals surface area contributed by atoms with Crippen molar-refractivity contribution in [3.8, 4) is 0 Å². The molecule has 3 N–H and O–H groups in total. The highest BCUT2D eigenvalue weighted by Crippen LogP contribution is 2.23. The van der Waals surface area contributed by atoms with E-state index in [9.17, 15) is 4.79 Å². The van der Waals surface area contributed by atoms with Gasteiger partial charge in [0.1, 0.15) is 0 Å². The lowest BCUT2D eigenvalue weighted by Crippen LogP contribution is -2.39. The zero-order valence-corrected chi connectivity index (χ0v) is 14.2. The molecule has 0 spiro atoms. The van der Waals surface area contributed by atoms with Crippen molar-refractivity contribution in [2.45, 2.75) is 39.2 Å². The van der Waals surface area contributed by atoms with Crippen LogP contribution in [0.2, 0.25) is 0 Å². The van der Waals surface area contributed by atoms with Crippen LogP contribution in [0.5, 0.6) is 0 Å². The van der Waals surface area contributed by atoms with Gasteiger partial charge in [0.2, 0.25) is 0 Å². The molecular formula is C18H29N3O2. The van der Waals surface area contributed by atoms with Crippen LogP contribution >= 0.6 is 0 Å². The number of nitrogens with one attached hydrogen (secondary N) is 2. The fourth-order valence-corrected chi connectivity index (χ4v) is 2.89. The third kappa shape index (κ3) is 5.43. The molecule has 2 unspecified atom stereocenters. The van der Waals surface area contributed by atoms with E-state index in [2.05, 4.69) is 39.8 Å². The molecule has 5 heteroatoms. The highest BCUT2D eigenvalue weighted by molar-refractivity contribution is 5.74. The third-order valence-corrected chi connectivity index (χ3v) is 4.42. The zero-order valence-electron chi connectivity index (χ0n) is 14.2. The summed E-state index contributed by atoms with van der Waals surface area (Å²) in [6.45, 7) is 6.99. The highest BCUT2D eigenvalue weighted by atomic mass is 16.3. The van der Waals surface area contributed by atoms with Crippen molar-refractivity contribution < 1.29 is 9.90 Å². The summed E-state index contributed by atoms with van der Waals surface area (Å²) in [5, 5.41) is 14.7. The maximum Gasteiger partial charge on any atom is 0.315 e. The Balaban J connectivity index is 1.86. The fraction of sp³-hybridized carbons (Fsp3) is 0.611. The summed E-state index contributed by atoms with van der Waals surface area (Å²) in [6, 6.07) is 8.23. The Morgan fingerprint density at radius 2 is 2.04 bits per heavy atom. The van der Waals surface area contributed by atoms with E-state index in [1.54, 1.807) is 0 Å². The Morgan fingerprint density at radius 1 is 1.30 bits per heavy atom. The minimum atomic E-state index is -0.158. The van der Waals surface area contributed by atoms with Crippen LogP contribution in [0.4, 0.5) is 10.5 Å². The van der Waals surface area contributed by atoms with Gasteiger partial charge in [0.05, 0.1) is 6.04 Å². The average molecular weight is 319 g/mol. The molecule has 0 radical (unpaired) electrons. The highest BCUT2D eigenvalue weighted by Gasteiger charge is 2.15. The van der Waals surface area contributed by atoms with Gasteiger partial charge in [0.15, 0.2) is 0 Å². The SMILES string of the molecule is CC(CCO)CNC(=O)NC(C)c1cccc(N2CCCC2)c1. The largest absolute Gasteiger partial charge is 0.396 e. The maximum atomic E-state index is 12.0. The Morgan fingerprint density at radius 3 is 2.74 bits per heavy atom. The number of anilines is 1. The van der Waals surface area contributed by atoms with E-state index in [0.717, 1.165) is 18.7 Å². The van der Waals surface area contributed by atoms with Crippen molar-refractivity contribution in [1.82, 2.24) is 10.6 Å². The Hall–Kier alpha value is -1.75. The van der Waals surface area contributed by atoms with Gasteiger partial charge in [-0.2, -0.15) is 0 Å². The number of aliphatic hydroxyl groups is 1. The second-order valence-corrected chi connectivity index (χ2v) is 6.48. The number of hydrogen-bond acceptors (Lipinski definition) is 3. The summed E-state index contributed by atoms with van der Waals surface area (Å²) >= 11 is 0. The van der Waals surface area contributed by atoms with Crippen LogP contribution in [-0.4, -0.2) is 37.4 Å². The Labute approximate surface area is 139 Å². The molecule has 1 aromatic rings. The van der Waals surface area contributed by atoms with Crippen LogP contribution in [0.15, 0.2) is 24.3 Å². The standard InChI is InChI=1S/C18H29N3O2/c1-14(8-11-22)13-19-18(23)20-15(2)16-6-5-7-17(12-16)21-9-3-4-10-21/h5-7,12,14-15,22H,3-4,8-11,13H2,1-2H3,(H2,19,20,23). The number of hydrogen-bond donors (Lipinski definition) is 3. The lowest BCUT2D eigenvalue weighted by molar-refractivity contribution is 0.231. The molecule has 0 aliphatic carbocycles. The van der Waals surface area contributed by atoms with E-state index in [1.165, 1.54) is 18.5 Å². The Kier molecular flexibility index (Phi) is 6.71. The number of nitrogens with zero attached hydrogens (tertiary/aromatic N) is 1. The average Bonchev–Trinajstić information content (AvgIpc) is 3.08. The van der Waals surface area contributed by atoms with Crippen LogP contribution in [0, 0.1) is 5.92 Å². The molecule has 2 atom stereocenters. The van der Waals surface area contributed by atoms with E-state index in [0.29, 0.717) is 13.0 Å². The lowest BCUT2D eigenvalue weighted by Gasteiger charge is -2.21. The van der Waals surface area contributed by atoms with Crippen LogP contribution in [-0.2, 0) is 0 Å². The summed E-state index contributed by atoms with van der Waals surface area (Å²) < 4.78 is 0. The van der Waals surface area contributed by atoms with E-state index < -0.39 is 0 Å². The first-order valence-corrected chi connectivity index (χ1v) is 8.60. The normalized spacial score (nSPS) is 16.9. The molecule has 2 rings (SSSR count). The second-order valence-electron chi connectivity index (χ2n) is 6.48. The van der Waals surface area contributed by atoms with Gasteiger partial charge in [0, 0.05) is 31.9 Å². The van der Waals surface area contributed by atoms with E-state index in [1.807, 2.05) is 13.8 Å². The van der Waals surface area contributed by atoms with Crippen LogP contribution < -0.4 is 15.5 Å². The van der Waals surface area contributed by atoms with Gasteiger partial charge in [-0.05, 0) is 49.8 Å². The molecule has 1 saturated heterocycles. The van der Waals surface area contributed by atoms with Crippen molar-refractivity contribution in [3.63, 3.8) is 0 Å². The minimum Gasteiger partial charge on any atom is -0.396 e. The van der Waals surface area contributed by atoms with Crippen LogP contribution in [0.1, 0.15) is 44.7 Å². The van der Waals surface area contributed by atoms with Gasteiger partial charge in [-0.25, -0.2) is 4.79 Å². The van der Waals surface area contributed by atoms with Gasteiger partial charge in [-0.1, -0.05) is 19.1 Å². The molecule has 128 valence electrons. The molecule has 0 aromatic heterocycles. The van der Waals surface area contributed by atoms with Gasteiger partial charge in [0.25, 0.3) is 0 Å². The predicted octanol–water partition coefficient (Wildman–Crippen LogP) is 2.67. The van der Waals surface area contributed by atoms with Crippen molar-refractivity contribution in [2.24, 2.45) is 5.92 Å². The van der Waals surface area contributed by atoms with E-state index in [-0.39, 0.29) is 24.6 Å². The number of amides is 2. The molecule has 1 aromatic carbocycles. The van der Waals surface area contributed by atoms with Crippen molar-refractivity contribution >= 4 is 11.7 Å². The first-order valence-electron chi connectivity index (χ1n) is 8.60. The predicted molar refractivity (Wildman–Crippen MR) is 93.7 cm³/mol. The fourth-order valence-electron chi connectivity index (χ4n) is 2.89. The van der Waals surface area contributed by atoms with E-state index >= 15 is 0 Å². The first kappa shape index (κ1) is 17.6. The number of carbonyl (C=O) groups is 1. The second kappa shape index (κ2) is 8.77. The molecule has 5 nitrogen and oxygen atoms in total. The zero-order chi connectivity index (χ0) is 16.7. The molecule has 0 saturated carbocycles. The topological polar surface area (TPSA) is 64.6 Å². The molecule has 1 aliphatic heterocycles. The molecule has 23 heavy (non-hydrogen) atoms. The first-order chi connectivity index (χ1) is 11.1. The molecule has 1 aliphatic rings. The van der Waals surface area contributed by atoms with Crippen LogP contribution in [0.3, 0.4) is 0 Å². The minimum absolute atomic E-state index is 0.0364. The summed E-state index contributed by atoms with van der Waals surface area (Å²) in [6.07, 6.45) is 3.21. The third-order valence-electron chi connectivity index (χ3n) is 4.42. The number of urea groups is 1. The number of carbonyl (C=O) groups excluding carboxylic acids is 1. The molecule has 1 heterocycles. The molecule has 1 fully saturated rings. The van der Waals surface area contributed by atoms with E-state index in [4.69, 9.17) is 5.11 Å². The number of aliphatic hydroxyl groups excluding tert-OH is 1. The maximum absolute atomic E-state index is 12.0. The summed E-state index contributed by atoms with van der Waals surface area (Å²) in [4.78, 5) is 14.4.